The number of hydrogen-bond acceptors (Lipinski definition) is 2. The van der Waals surface area contributed by atoms with Gasteiger partial charge in [0.05, 0.1) is 0 Å². The molecule has 3 N–H and O–H groups in total. The molecule has 0 amide bonds. The zero-order valence-electron chi connectivity index (χ0n) is 13.9. The van der Waals surface area contributed by atoms with Crippen molar-refractivity contribution in [1.82, 2.24) is 0 Å². The molecule has 0 radical (unpaired) electrons. The summed E-state index contributed by atoms with van der Waals surface area (Å²) in [5.74, 6) is 0. The second-order valence-electron chi connectivity index (χ2n) is 4.61. The van der Waals surface area contributed by atoms with Gasteiger partial charge < -0.3 is 19.8 Å². The van der Waals surface area contributed by atoms with Crippen molar-refractivity contribution in [3.8, 4) is 0 Å². The van der Waals surface area contributed by atoms with Crippen LogP contribution in [-0.2, 0) is 4.57 Å². The minimum Gasteiger partial charge on any atom is -0.781 e. The fourth-order valence-corrected chi connectivity index (χ4v) is 4.48. The summed E-state index contributed by atoms with van der Waals surface area (Å²) in [6.07, 6.45) is 0. The molecule has 0 saturated carbocycles. The maximum Gasteiger partial charge on any atom is 1.00 e. The van der Waals surface area contributed by atoms with Gasteiger partial charge in [-0.1, -0.05) is 91.0 Å². The Balaban J connectivity index is 0.000000874. The van der Waals surface area contributed by atoms with Crippen molar-refractivity contribution in [2.24, 2.45) is 0 Å². The average molecular weight is 384 g/mol. The van der Waals surface area contributed by atoms with Crippen molar-refractivity contribution in [1.29, 1.82) is 0 Å². The van der Waals surface area contributed by atoms with Crippen LogP contribution in [0.25, 0.3) is 0 Å². The molecule has 1 atom stereocenters. The van der Waals surface area contributed by atoms with Crippen LogP contribution in [0.5, 0.6) is 0 Å². The van der Waals surface area contributed by atoms with Crippen molar-refractivity contribution >= 4 is 32.1 Å². The molecule has 0 spiro atoms. The molecule has 3 aromatic carbocycles. The average Bonchev–Trinajstić information content (AvgIpc) is 2.58. The minimum absolute atomic E-state index is 0. The van der Waals surface area contributed by atoms with Crippen LogP contribution >= 0.6 is 16.2 Å². The van der Waals surface area contributed by atoms with E-state index in [1.807, 2.05) is 0 Å². The van der Waals surface area contributed by atoms with Crippen LogP contribution < -0.4 is 50.4 Å². The molecule has 3 rings (SSSR count). The SMILES string of the molecule is O.O=[PH]([O-])O.[Na+].c1ccc(P(c2ccccc2)c2ccccc2)cc1. The monoisotopic (exact) mass is 384 g/mol. The summed E-state index contributed by atoms with van der Waals surface area (Å²) in [5.41, 5.74) is 0. The molecule has 7 heteroatoms. The van der Waals surface area contributed by atoms with Gasteiger partial charge in [0.25, 0.3) is 0 Å². The van der Waals surface area contributed by atoms with Crippen LogP contribution in [0.15, 0.2) is 91.0 Å². The van der Waals surface area contributed by atoms with Gasteiger partial charge in [0.15, 0.2) is 0 Å². The molecule has 0 fully saturated rings. The third kappa shape index (κ3) is 8.42. The maximum absolute atomic E-state index is 8.63. The summed E-state index contributed by atoms with van der Waals surface area (Å²) >= 11 is 0. The van der Waals surface area contributed by atoms with E-state index in [0.717, 1.165) is 0 Å². The Morgan fingerprint density at radius 2 is 0.880 bits per heavy atom. The Morgan fingerprint density at radius 3 is 1.08 bits per heavy atom. The Hall–Kier alpha value is -0.800. The van der Waals surface area contributed by atoms with Gasteiger partial charge >= 0.3 is 29.6 Å². The Bertz CT molecular complexity index is 630. The molecule has 0 heterocycles. The molecule has 0 saturated heterocycles. The second kappa shape index (κ2) is 13.4. The van der Waals surface area contributed by atoms with E-state index in [2.05, 4.69) is 91.0 Å². The molecule has 1 unspecified atom stereocenters. The Labute approximate surface area is 171 Å². The third-order valence-corrected chi connectivity index (χ3v) is 5.49. The fourth-order valence-electron chi connectivity index (χ4n) is 2.18. The van der Waals surface area contributed by atoms with Gasteiger partial charge in [-0.25, -0.2) is 0 Å². The number of rotatable bonds is 3. The molecule has 126 valence electrons. The van der Waals surface area contributed by atoms with Crippen LogP contribution in [-0.4, -0.2) is 10.4 Å². The van der Waals surface area contributed by atoms with Crippen LogP contribution in [0.2, 0.25) is 0 Å². The predicted molar refractivity (Wildman–Crippen MR) is 100.0 cm³/mol. The van der Waals surface area contributed by atoms with Crippen LogP contribution in [0.3, 0.4) is 0 Å². The molecule has 0 aliphatic carbocycles. The Kier molecular flexibility index (Phi) is 13.0. The molecule has 0 aromatic heterocycles. The van der Waals surface area contributed by atoms with Gasteiger partial charge in [0.1, 0.15) is 8.25 Å². The van der Waals surface area contributed by atoms with Gasteiger partial charge in [-0.3, -0.25) is 0 Å². The molecule has 0 bridgehead atoms. The molecular formula is C18H19NaO4P2. The normalized spacial score (nSPS) is 10.5. The standard InChI is InChI=1S/C18H15P.Na.H3O3P.H2O/c1-4-10-16(11-5-1)19(17-12-6-2-7-13-17)18-14-8-3-9-15-18;;1-4(2)3;/h1-15H;;4H,(H2,1,2,3);1H2/q;+1;;/p-1. The molecule has 4 nitrogen and oxygen atoms in total. The summed E-state index contributed by atoms with van der Waals surface area (Å²) in [4.78, 5) is 15.7. The quantitative estimate of drug-likeness (QED) is 0.434. The van der Waals surface area contributed by atoms with Crippen molar-refractivity contribution < 1.29 is 49.4 Å². The first-order valence-electron chi connectivity index (χ1n) is 7.03. The Morgan fingerprint density at radius 1 is 0.680 bits per heavy atom. The van der Waals surface area contributed by atoms with E-state index in [9.17, 15) is 0 Å². The molecular weight excluding hydrogens is 365 g/mol. The molecule has 0 aliphatic heterocycles. The van der Waals surface area contributed by atoms with Crippen molar-refractivity contribution in [3.63, 3.8) is 0 Å². The zero-order valence-corrected chi connectivity index (χ0v) is 17.8. The van der Waals surface area contributed by atoms with Gasteiger partial charge in [0.2, 0.25) is 0 Å². The van der Waals surface area contributed by atoms with E-state index >= 15 is 0 Å². The van der Waals surface area contributed by atoms with Crippen molar-refractivity contribution in [2.45, 2.75) is 0 Å². The van der Waals surface area contributed by atoms with E-state index in [0.29, 0.717) is 0 Å². The fraction of sp³-hybridized carbons (Fsp3) is 0. The third-order valence-electron chi connectivity index (χ3n) is 3.04. The summed E-state index contributed by atoms with van der Waals surface area (Å²) in [6, 6.07) is 32.3. The van der Waals surface area contributed by atoms with Crippen molar-refractivity contribution in [3.05, 3.63) is 91.0 Å². The van der Waals surface area contributed by atoms with Gasteiger partial charge in [0, 0.05) is 0 Å². The maximum atomic E-state index is 8.63. The van der Waals surface area contributed by atoms with E-state index in [-0.39, 0.29) is 35.0 Å². The van der Waals surface area contributed by atoms with Crippen LogP contribution in [0, 0.1) is 0 Å². The van der Waals surface area contributed by atoms with E-state index in [1.165, 1.54) is 15.9 Å². The first-order chi connectivity index (χ1) is 11.2. The summed E-state index contributed by atoms with van der Waals surface area (Å²) in [5, 5.41) is 4.19. The molecule has 3 aromatic rings. The molecule has 25 heavy (non-hydrogen) atoms. The predicted octanol–water partition coefficient (Wildman–Crippen LogP) is -1.65. The largest absolute Gasteiger partial charge is 1.00 e. The zero-order chi connectivity index (χ0) is 16.5. The smallest absolute Gasteiger partial charge is 0.781 e. The minimum atomic E-state index is -3.38. The first-order valence-corrected chi connectivity index (χ1v) is 9.64. The number of benzene rings is 3. The van der Waals surface area contributed by atoms with Crippen LogP contribution in [0.4, 0.5) is 0 Å². The molecule has 0 aliphatic rings. The topological polar surface area (TPSA) is 91.9 Å². The summed E-state index contributed by atoms with van der Waals surface area (Å²) in [6.45, 7) is 0. The van der Waals surface area contributed by atoms with Crippen LogP contribution in [0.1, 0.15) is 0 Å². The number of hydrogen-bond donors (Lipinski definition) is 1. The summed E-state index contributed by atoms with van der Waals surface area (Å²) < 4.78 is 8.63. The van der Waals surface area contributed by atoms with Gasteiger partial charge in [-0.05, 0) is 23.8 Å². The van der Waals surface area contributed by atoms with Crippen molar-refractivity contribution in [2.75, 3.05) is 0 Å². The van der Waals surface area contributed by atoms with Gasteiger partial charge in [-0.2, -0.15) is 0 Å². The first kappa shape index (κ1) is 24.2. The van der Waals surface area contributed by atoms with E-state index in [4.69, 9.17) is 14.4 Å². The summed E-state index contributed by atoms with van der Waals surface area (Å²) in [7, 11) is -3.83. The van der Waals surface area contributed by atoms with E-state index in [1.54, 1.807) is 0 Å². The van der Waals surface area contributed by atoms with Gasteiger partial charge in [-0.15, -0.1) is 0 Å². The van der Waals surface area contributed by atoms with E-state index < -0.39 is 16.2 Å². The second-order valence-corrected chi connectivity index (χ2v) is 7.36.